The first-order valence-corrected chi connectivity index (χ1v) is 8.03. The van der Waals surface area contributed by atoms with Gasteiger partial charge in [0.2, 0.25) is 0 Å². The number of hydrogen-bond donors (Lipinski definition) is 1. The maximum Gasteiger partial charge on any atom is 0.327 e. The van der Waals surface area contributed by atoms with E-state index in [4.69, 9.17) is 4.74 Å². The zero-order chi connectivity index (χ0) is 15.2. The Morgan fingerprint density at radius 1 is 1.24 bits per heavy atom. The zero-order valence-corrected chi connectivity index (χ0v) is 13.4. The van der Waals surface area contributed by atoms with E-state index < -0.39 is 0 Å². The van der Waals surface area contributed by atoms with Crippen LogP contribution in [-0.4, -0.2) is 19.1 Å². The molecule has 0 radical (unpaired) electrons. The van der Waals surface area contributed by atoms with Crippen molar-refractivity contribution in [3.05, 3.63) is 35.4 Å². The topological polar surface area (TPSA) is 38.3 Å². The van der Waals surface area contributed by atoms with Gasteiger partial charge in [0.1, 0.15) is 6.04 Å². The lowest BCUT2D eigenvalue weighted by molar-refractivity contribution is -0.143. The van der Waals surface area contributed by atoms with E-state index in [2.05, 4.69) is 43.4 Å². The van der Waals surface area contributed by atoms with E-state index in [0.717, 1.165) is 24.8 Å². The van der Waals surface area contributed by atoms with Gasteiger partial charge < -0.3 is 4.74 Å². The number of ether oxygens (including phenoxy) is 1. The lowest BCUT2D eigenvalue weighted by Crippen LogP contribution is -2.36. The summed E-state index contributed by atoms with van der Waals surface area (Å²) in [6, 6.07) is 8.46. The van der Waals surface area contributed by atoms with Gasteiger partial charge in [-0.1, -0.05) is 51.0 Å². The van der Waals surface area contributed by atoms with Crippen LogP contribution in [0.3, 0.4) is 0 Å². The smallest absolute Gasteiger partial charge is 0.327 e. The van der Waals surface area contributed by atoms with E-state index in [9.17, 15) is 4.79 Å². The molecule has 0 bridgehead atoms. The van der Waals surface area contributed by atoms with E-state index in [1.807, 2.05) is 0 Å². The van der Waals surface area contributed by atoms with Crippen molar-refractivity contribution in [2.75, 3.05) is 7.11 Å². The highest BCUT2D eigenvalue weighted by molar-refractivity contribution is 5.77. The Bertz CT molecular complexity index is 447. The zero-order valence-electron chi connectivity index (χ0n) is 13.4. The van der Waals surface area contributed by atoms with Gasteiger partial charge >= 0.3 is 5.97 Å². The Balaban J connectivity index is 2.09. The molecule has 1 aliphatic rings. The largest absolute Gasteiger partial charge is 0.468 e. The molecule has 1 unspecified atom stereocenters. The second-order valence-electron chi connectivity index (χ2n) is 6.44. The minimum Gasteiger partial charge on any atom is -0.468 e. The summed E-state index contributed by atoms with van der Waals surface area (Å²) in [6.07, 6.45) is 5.87. The molecule has 1 atom stereocenters. The van der Waals surface area contributed by atoms with Gasteiger partial charge in [-0.15, -0.1) is 0 Å². The Kier molecular flexibility index (Phi) is 5.80. The van der Waals surface area contributed by atoms with E-state index in [-0.39, 0.29) is 12.0 Å². The highest BCUT2D eigenvalue weighted by Crippen LogP contribution is 2.23. The number of benzene rings is 1. The van der Waals surface area contributed by atoms with Crippen molar-refractivity contribution in [1.82, 2.24) is 5.32 Å². The number of rotatable bonds is 6. The molecule has 0 spiro atoms. The Hall–Kier alpha value is -1.35. The number of esters is 1. The highest BCUT2D eigenvalue weighted by Gasteiger charge is 2.26. The summed E-state index contributed by atoms with van der Waals surface area (Å²) in [7, 11) is 1.46. The van der Waals surface area contributed by atoms with Crippen molar-refractivity contribution >= 4 is 5.97 Å². The van der Waals surface area contributed by atoms with Gasteiger partial charge in [-0.05, 0) is 36.3 Å². The quantitative estimate of drug-likeness (QED) is 0.813. The monoisotopic (exact) mass is 289 g/mol. The second-order valence-corrected chi connectivity index (χ2v) is 6.44. The first kappa shape index (κ1) is 16.0. The van der Waals surface area contributed by atoms with Crippen molar-refractivity contribution in [2.45, 2.75) is 58.0 Å². The summed E-state index contributed by atoms with van der Waals surface area (Å²) in [5.74, 6) is 0.447. The van der Waals surface area contributed by atoms with Crippen LogP contribution in [0.1, 0.15) is 56.7 Å². The average Bonchev–Trinajstić information content (AvgIpc) is 2.97. The van der Waals surface area contributed by atoms with Crippen molar-refractivity contribution in [3.8, 4) is 0 Å². The van der Waals surface area contributed by atoms with Crippen LogP contribution >= 0.6 is 0 Å². The fourth-order valence-corrected chi connectivity index (χ4v) is 3.06. The van der Waals surface area contributed by atoms with Crippen LogP contribution in [0.2, 0.25) is 0 Å². The third kappa shape index (κ3) is 4.57. The van der Waals surface area contributed by atoms with Crippen LogP contribution in [0.4, 0.5) is 0 Å². The van der Waals surface area contributed by atoms with E-state index in [0.29, 0.717) is 12.0 Å². The third-order valence-electron chi connectivity index (χ3n) is 4.15. The van der Waals surface area contributed by atoms with Crippen LogP contribution < -0.4 is 5.32 Å². The molecule has 1 saturated carbocycles. The van der Waals surface area contributed by atoms with Crippen molar-refractivity contribution in [3.63, 3.8) is 0 Å². The van der Waals surface area contributed by atoms with Gasteiger partial charge in [0.15, 0.2) is 0 Å². The van der Waals surface area contributed by atoms with Gasteiger partial charge in [0, 0.05) is 6.04 Å². The molecule has 3 nitrogen and oxygen atoms in total. The number of methoxy groups -OCH3 is 1. The maximum atomic E-state index is 12.1. The first-order chi connectivity index (χ1) is 10.1. The summed E-state index contributed by atoms with van der Waals surface area (Å²) < 4.78 is 4.97. The van der Waals surface area contributed by atoms with Crippen LogP contribution in [0.15, 0.2) is 24.3 Å². The van der Waals surface area contributed by atoms with Gasteiger partial charge in [0.05, 0.1) is 7.11 Å². The molecule has 0 heterocycles. The number of nitrogens with one attached hydrogen (secondary N) is 1. The van der Waals surface area contributed by atoms with Gasteiger partial charge in [-0.2, -0.15) is 0 Å². The first-order valence-electron chi connectivity index (χ1n) is 8.03. The minimum atomic E-state index is -0.341. The molecule has 1 fully saturated rings. The molecule has 2 rings (SSSR count). The summed E-state index contributed by atoms with van der Waals surface area (Å²) >= 11 is 0. The Morgan fingerprint density at radius 3 is 2.38 bits per heavy atom. The third-order valence-corrected chi connectivity index (χ3v) is 4.15. The minimum absolute atomic E-state index is 0.196. The Labute approximate surface area is 128 Å². The molecular formula is C18H27NO2. The molecule has 0 aromatic heterocycles. The molecular weight excluding hydrogens is 262 g/mol. The summed E-state index contributed by atoms with van der Waals surface area (Å²) in [5.41, 5.74) is 2.32. The molecule has 0 aliphatic heterocycles. The number of carbonyl (C=O) groups is 1. The summed E-state index contributed by atoms with van der Waals surface area (Å²) in [6.45, 7) is 4.43. The standard InChI is InChI=1S/C18H27NO2/c1-13(2)12-14-8-10-15(11-9-14)17(18(20)21-3)19-16-6-4-5-7-16/h8-11,13,16-17,19H,4-7,12H2,1-3H3. The number of hydrogen-bond acceptors (Lipinski definition) is 3. The molecule has 0 amide bonds. The average molecular weight is 289 g/mol. The SMILES string of the molecule is COC(=O)C(NC1CCCC1)c1ccc(CC(C)C)cc1. The van der Waals surface area contributed by atoms with Gasteiger partial charge in [-0.3, -0.25) is 5.32 Å². The highest BCUT2D eigenvalue weighted by atomic mass is 16.5. The number of carbonyl (C=O) groups excluding carboxylic acids is 1. The molecule has 1 aromatic carbocycles. The fraction of sp³-hybridized carbons (Fsp3) is 0.611. The van der Waals surface area contributed by atoms with E-state index in [1.165, 1.54) is 25.5 Å². The second kappa shape index (κ2) is 7.60. The fourth-order valence-electron chi connectivity index (χ4n) is 3.06. The normalized spacial score (nSPS) is 17.1. The summed E-state index contributed by atoms with van der Waals surface area (Å²) in [5, 5.41) is 3.47. The van der Waals surface area contributed by atoms with Crippen molar-refractivity contribution in [2.24, 2.45) is 5.92 Å². The van der Waals surface area contributed by atoms with Gasteiger partial charge in [0.25, 0.3) is 0 Å². The van der Waals surface area contributed by atoms with E-state index >= 15 is 0 Å². The van der Waals surface area contributed by atoms with Gasteiger partial charge in [-0.25, -0.2) is 4.79 Å². The molecule has 3 heteroatoms. The molecule has 116 valence electrons. The predicted molar refractivity (Wildman–Crippen MR) is 85.1 cm³/mol. The maximum absolute atomic E-state index is 12.1. The van der Waals surface area contributed by atoms with Crippen LogP contribution in [0, 0.1) is 5.92 Å². The Morgan fingerprint density at radius 2 is 1.86 bits per heavy atom. The molecule has 0 saturated heterocycles. The lowest BCUT2D eigenvalue weighted by Gasteiger charge is -2.21. The summed E-state index contributed by atoms with van der Waals surface area (Å²) in [4.78, 5) is 12.1. The molecule has 1 N–H and O–H groups in total. The van der Waals surface area contributed by atoms with Crippen LogP contribution in [0.5, 0.6) is 0 Å². The predicted octanol–water partition coefficient (Wildman–Crippen LogP) is 3.63. The van der Waals surface area contributed by atoms with Crippen LogP contribution in [-0.2, 0) is 16.0 Å². The lowest BCUT2D eigenvalue weighted by atomic mass is 9.99. The molecule has 1 aromatic rings. The molecule has 1 aliphatic carbocycles. The molecule has 21 heavy (non-hydrogen) atoms. The van der Waals surface area contributed by atoms with Crippen molar-refractivity contribution < 1.29 is 9.53 Å². The van der Waals surface area contributed by atoms with Crippen LogP contribution in [0.25, 0.3) is 0 Å². The van der Waals surface area contributed by atoms with Crippen molar-refractivity contribution in [1.29, 1.82) is 0 Å². The van der Waals surface area contributed by atoms with E-state index in [1.54, 1.807) is 0 Å².